The molecule has 2 rings (SSSR count). The molecule has 1 heterocycles. The van der Waals surface area contributed by atoms with E-state index in [0.717, 1.165) is 9.87 Å². The molecule has 0 aliphatic carbocycles. The summed E-state index contributed by atoms with van der Waals surface area (Å²) in [6, 6.07) is 8.79. The normalized spacial score (nSPS) is 22.2. The van der Waals surface area contributed by atoms with Gasteiger partial charge in [0.15, 0.2) is 0 Å². The van der Waals surface area contributed by atoms with Crippen LogP contribution in [-0.2, 0) is 21.5 Å². The Hall–Kier alpha value is -1.40. The lowest BCUT2D eigenvalue weighted by Gasteiger charge is -2.21. The quantitative estimate of drug-likeness (QED) is 0.836. The molecule has 1 atom stereocenters. The van der Waals surface area contributed by atoms with Gasteiger partial charge >= 0.3 is 10.2 Å². The molecule has 1 aromatic rings. The first-order chi connectivity index (χ1) is 9.87. The van der Waals surface area contributed by atoms with E-state index in [9.17, 15) is 13.2 Å². The molecule has 1 amide bonds. The molecule has 0 spiro atoms. The predicted molar refractivity (Wildman–Crippen MR) is 81.5 cm³/mol. The van der Waals surface area contributed by atoms with Crippen LogP contribution in [0.1, 0.15) is 32.8 Å². The van der Waals surface area contributed by atoms with Crippen LogP contribution in [-0.4, -0.2) is 35.5 Å². The lowest BCUT2D eigenvalue weighted by Crippen LogP contribution is -2.36. The van der Waals surface area contributed by atoms with Crippen LogP contribution in [0, 0.1) is 5.92 Å². The standard InChI is InChI=1S/C15H22N2O3S/c1-4-16-15(18)14(10-12(2)3)17(21(16,19)20)11-13-8-6-5-7-9-13/h5-9,12,14H,4,10-11H2,1-3H3. The van der Waals surface area contributed by atoms with Gasteiger partial charge < -0.3 is 0 Å². The second kappa shape index (κ2) is 6.15. The molecule has 1 aromatic carbocycles. The zero-order chi connectivity index (χ0) is 15.6. The summed E-state index contributed by atoms with van der Waals surface area (Å²) in [4.78, 5) is 12.4. The maximum atomic E-state index is 12.6. The van der Waals surface area contributed by atoms with Crippen LogP contribution in [0.25, 0.3) is 0 Å². The van der Waals surface area contributed by atoms with Crippen molar-refractivity contribution in [1.29, 1.82) is 0 Å². The second-order valence-corrected chi connectivity index (χ2v) is 7.49. The van der Waals surface area contributed by atoms with Gasteiger partial charge in [-0.05, 0) is 24.8 Å². The third-order valence-corrected chi connectivity index (χ3v) is 5.59. The Labute approximate surface area is 126 Å². The summed E-state index contributed by atoms with van der Waals surface area (Å²) in [7, 11) is -3.70. The van der Waals surface area contributed by atoms with E-state index in [2.05, 4.69) is 0 Å². The molecule has 5 nitrogen and oxygen atoms in total. The Bertz CT molecular complexity index is 599. The van der Waals surface area contributed by atoms with E-state index >= 15 is 0 Å². The van der Waals surface area contributed by atoms with E-state index in [0.29, 0.717) is 6.42 Å². The van der Waals surface area contributed by atoms with Gasteiger partial charge in [-0.15, -0.1) is 0 Å². The van der Waals surface area contributed by atoms with Gasteiger partial charge in [0, 0.05) is 13.1 Å². The average molecular weight is 310 g/mol. The first-order valence-electron chi connectivity index (χ1n) is 7.25. The van der Waals surface area contributed by atoms with Crippen LogP contribution < -0.4 is 0 Å². The first kappa shape index (κ1) is 16.0. The monoisotopic (exact) mass is 310 g/mol. The average Bonchev–Trinajstić information content (AvgIpc) is 2.59. The molecule has 0 N–H and O–H groups in total. The van der Waals surface area contributed by atoms with Gasteiger partial charge in [-0.1, -0.05) is 44.2 Å². The first-order valence-corrected chi connectivity index (χ1v) is 8.65. The van der Waals surface area contributed by atoms with Gasteiger partial charge in [0.05, 0.1) is 0 Å². The highest BCUT2D eigenvalue weighted by Crippen LogP contribution is 2.29. The van der Waals surface area contributed by atoms with Crippen molar-refractivity contribution in [2.24, 2.45) is 5.92 Å². The number of rotatable bonds is 5. The molecular weight excluding hydrogens is 288 g/mol. The smallest absolute Gasteiger partial charge is 0.272 e. The number of amides is 1. The van der Waals surface area contributed by atoms with Crippen LogP contribution >= 0.6 is 0 Å². The Kier molecular flexibility index (Phi) is 4.68. The van der Waals surface area contributed by atoms with E-state index in [1.165, 1.54) is 4.31 Å². The summed E-state index contributed by atoms with van der Waals surface area (Å²) in [6.45, 7) is 6.10. The van der Waals surface area contributed by atoms with Crippen molar-refractivity contribution in [1.82, 2.24) is 8.61 Å². The van der Waals surface area contributed by atoms with E-state index in [-0.39, 0.29) is 24.9 Å². The molecule has 0 bridgehead atoms. The number of likely N-dealkylation sites (N-methyl/N-ethyl adjacent to an activating group) is 1. The fourth-order valence-electron chi connectivity index (χ4n) is 2.63. The van der Waals surface area contributed by atoms with E-state index in [4.69, 9.17) is 0 Å². The van der Waals surface area contributed by atoms with Gasteiger partial charge in [-0.2, -0.15) is 12.7 Å². The van der Waals surface area contributed by atoms with Crippen molar-refractivity contribution < 1.29 is 13.2 Å². The van der Waals surface area contributed by atoms with Gasteiger partial charge in [0.2, 0.25) is 0 Å². The third kappa shape index (κ3) is 3.11. The van der Waals surface area contributed by atoms with Gasteiger partial charge in [0.25, 0.3) is 5.91 Å². The van der Waals surface area contributed by atoms with Crippen LogP contribution in [0.15, 0.2) is 30.3 Å². The highest BCUT2D eigenvalue weighted by Gasteiger charge is 2.49. The summed E-state index contributed by atoms with van der Waals surface area (Å²) < 4.78 is 27.5. The molecule has 0 saturated carbocycles. The zero-order valence-electron chi connectivity index (χ0n) is 12.7. The SMILES string of the molecule is CCN1C(=O)C(CC(C)C)N(Cc2ccccc2)S1(=O)=O. The summed E-state index contributed by atoms with van der Waals surface area (Å²) in [5.41, 5.74) is 0.889. The number of carbonyl (C=O) groups is 1. The Morgan fingerprint density at radius 1 is 1.19 bits per heavy atom. The van der Waals surface area contributed by atoms with E-state index < -0.39 is 16.3 Å². The lowest BCUT2D eigenvalue weighted by atomic mass is 10.0. The Morgan fingerprint density at radius 3 is 2.33 bits per heavy atom. The molecule has 1 unspecified atom stereocenters. The van der Waals surface area contributed by atoms with Crippen LogP contribution in [0.4, 0.5) is 0 Å². The predicted octanol–water partition coefficient (Wildman–Crippen LogP) is 2.01. The van der Waals surface area contributed by atoms with Gasteiger partial charge in [-0.3, -0.25) is 4.79 Å². The molecule has 6 heteroatoms. The number of hydrogen-bond acceptors (Lipinski definition) is 3. The molecule has 1 aliphatic rings. The maximum absolute atomic E-state index is 12.6. The highest BCUT2D eigenvalue weighted by molar-refractivity contribution is 7.87. The van der Waals surface area contributed by atoms with Gasteiger partial charge in [0.1, 0.15) is 6.04 Å². The zero-order valence-corrected chi connectivity index (χ0v) is 13.5. The van der Waals surface area contributed by atoms with Crippen molar-refractivity contribution in [3.63, 3.8) is 0 Å². The minimum absolute atomic E-state index is 0.182. The minimum atomic E-state index is -3.70. The fraction of sp³-hybridized carbons (Fsp3) is 0.533. The van der Waals surface area contributed by atoms with Crippen LogP contribution in [0.5, 0.6) is 0 Å². The molecule has 1 fully saturated rings. The van der Waals surface area contributed by atoms with E-state index in [1.54, 1.807) is 6.92 Å². The molecular formula is C15H22N2O3S. The number of carbonyl (C=O) groups excluding carboxylic acids is 1. The molecule has 21 heavy (non-hydrogen) atoms. The molecule has 116 valence electrons. The van der Waals surface area contributed by atoms with Crippen molar-refractivity contribution in [3.8, 4) is 0 Å². The van der Waals surface area contributed by atoms with Crippen molar-refractivity contribution in [2.75, 3.05) is 6.54 Å². The van der Waals surface area contributed by atoms with Crippen LogP contribution in [0.2, 0.25) is 0 Å². The second-order valence-electron chi connectivity index (χ2n) is 5.69. The topological polar surface area (TPSA) is 57.7 Å². The molecule has 0 aromatic heterocycles. The summed E-state index contributed by atoms with van der Waals surface area (Å²) >= 11 is 0. The Morgan fingerprint density at radius 2 is 1.81 bits per heavy atom. The largest absolute Gasteiger partial charge is 0.307 e. The summed E-state index contributed by atoms with van der Waals surface area (Å²) in [5, 5.41) is 0. The summed E-state index contributed by atoms with van der Waals surface area (Å²) in [5.74, 6) is -0.0497. The van der Waals surface area contributed by atoms with E-state index in [1.807, 2.05) is 44.2 Å². The van der Waals surface area contributed by atoms with Crippen LogP contribution in [0.3, 0.4) is 0 Å². The molecule has 0 radical (unpaired) electrons. The minimum Gasteiger partial charge on any atom is -0.272 e. The van der Waals surface area contributed by atoms with Crippen molar-refractivity contribution in [3.05, 3.63) is 35.9 Å². The lowest BCUT2D eigenvalue weighted by molar-refractivity contribution is -0.128. The highest BCUT2D eigenvalue weighted by atomic mass is 32.2. The number of hydrogen-bond donors (Lipinski definition) is 0. The maximum Gasteiger partial charge on any atom is 0.307 e. The number of nitrogens with zero attached hydrogens (tertiary/aromatic N) is 2. The Balaban J connectivity index is 2.35. The number of benzene rings is 1. The fourth-order valence-corrected chi connectivity index (χ4v) is 4.37. The van der Waals surface area contributed by atoms with Crippen molar-refractivity contribution >= 4 is 16.1 Å². The van der Waals surface area contributed by atoms with Crippen molar-refractivity contribution in [2.45, 2.75) is 39.8 Å². The molecule has 1 aliphatic heterocycles. The molecule has 1 saturated heterocycles. The summed E-state index contributed by atoms with van der Waals surface area (Å²) in [6.07, 6.45) is 0.543. The third-order valence-electron chi connectivity index (χ3n) is 3.62. The van der Waals surface area contributed by atoms with Gasteiger partial charge in [-0.25, -0.2) is 4.31 Å².